The van der Waals surface area contributed by atoms with Crippen LogP contribution >= 0.6 is 15.9 Å². The summed E-state index contributed by atoms with van der Waals surface area (Å²) in [6, 6.07) is 8.44. The Morgan fingerprint density at radius 2 is 2.00 bits per heavy atom. The van der Waals surface area contributed by atoms with Gasteiger partial charge in [0.05, 0.1) is 6.10 Å². The first-order valence-electron chi connectivity index (χ1n) is 5.65. The highest BCUT2D eigenvalue weighted by atomic mass is 79.9. The lowest BCUT2D eigenvalue weighted by Crippen LogP contribution is -2.24. The van der Waals surface area contributed by atoms with E-state index < -0.39 is 0 Å². The molecular weight excluding hydrogens is 266 g/mol. The molecule has 1 aromatic carbocycles. The van der Waals surface area contributed by atoms with Crippen LogP contribution in [0.4, 0.5) is 0 Å². The van der Waals surface area contributed by atoms with Crippen LogP contribution in [0.5, 0.6) is 0 Å². The molecule has 2 unspecified atom stereocenters. The molecule has 0 heterocycles. The van der Waals surface area contributed by atoms with E-state index in [1.165, 1.54) is 5.56 Å². The van der Waals surface area contributed by atoms with Crippen molar-refractivity contribution in [1.82, 2.24) is 0 Å². The van der Waals surface area contributed by atoms with E-state index >= 15 is 0 Å². The van der Waals surface area contributed by atoms with Gasteiger partial charge < -0.3 is 10.5 Å². The highest BCUT2D eigenvalue weighted by Gasteiger charge is 2.08. The fourth-order valence-electron chi connectivity index (χ4n) is 1.62. The van der Waals surface area contributed by atoms with Crippen LogP contribution in [0.2, 0.25) is 0 Å². The molecule has 0 aliphatic heterocycles. The largest absolute Gasteiger partial charge is 0.382 e. The topological polar surface area (TPSA) is 35.2 Å². The van der Waals surface area contributed by atoms with Gasteiger partial charge in [-0.15, -0.1) is 0 Å². The number of benzene rings is 1. The summed E-state index contributed by atoms with van der Waals surface area (Å²) in [5, 5.41) is 0. The molecule has 2 atom stereocenters. The van der Waals surface area contributed by atoms with E-state index in [4.69, 9.17) is 10.5 Å². The molecule has 16 heavy (non-hydrogen) atoms. The maximum absolute atomic E-state index is 6.10. The summed E-state index contributed by atoms with van der Waals surface area (Å²) >= 11 is 3.54. The monoisotopic (exact) mass is 285 g/mol. The Morgan fingerprint density at radius 1 is 1.31 bits per heavy atom. The zero-order valence-electron chi connectivity index (χ0n) is 9.95. The molecule has 0 fully saturated rings. The molecule has 0 aliphatic rings. The van der Waals surface area contributed by atoms with Crippen molar-refractivity contribution in [3.05, 3.63) is 34.3 Å². The van der Waals surface area contributed by atoms with E-state index in [1.54, 1.807) is 7.11 Å². The molecular formula is C13H20BrNO. The van der Waals surface area contributed by atoms with Crippen LogP contribution in [-0.4, -0.2) is 19.3 Å². The minimum atomic E-state index is 0.205. The van der Waals surface area contributed by atoms with Gasteiger partial charge in [-0.3, -0.25) is 0 Å². The molecule has 0 saturated carbocycles. The molecule has 2 N–H and O–H groups in total. The lowest BCUT2D eigenvalue weighted by molar-refractivity contribution is 0.107. The third-order valence-electron chi connectivity index (χ3n) is 2.79. The molecule has 3 heteroatoms. The maximum atomic E-state index is 6.10. The molecule has 0 aromatic heterocycles. The highest BCUT2D eigenvalue weighted by Crippen LogP contribution is 2.18. The van der Waals surface area contributed by atoms with Crippen molar-refractivity contribution < 1.29 is 4.74 Å². The summed E-state index contributed by atoms with van der Waals surface area (Å²) < 4.78 is 6.35. The first-order valence-corrected chi connectivity index (χ1v) is 6.44. The van der Waals surface area contributed by atoms with Gasteiger partial charge in [-0.25, -0.2) is 0 Å². The van der Waals surface area contributed by atoms with Gasteiger partial charge in [-0.05, 0) is 37.8 Å². The van der Waals surface area contributed by atoms with Crippen LogP contribution in [0.15, 0.2) is 28.7 Å². The number of rotatable bonds is 6. The van der Waals surface area contributed by atoms with E-state index in [9.17, 15) is 0 Å². The predicted octanol–water partition coefficient (Wildman–Crippen LogP) is 3.13. The zero-order chi connectivity index (χ0) is 12.0. The van der Waals surface area contributed by atoms with Crippen molar-refractivity contribution in [1.29, 1.82) is 0 Å². The van der Waals surface area contributed by atoms with Crippen LogP contribution in [0.3, 0.4) is 0 Å². The number of nitrogens with two attached hydrogens (primary N) is 1. The van der Waals surface area contributed by atoms with Crippen molar-refractivity contribution in [2.75, 3.05) is 7.11 Å². The Hall–Kier alpha value is -0.380. The molecule has 0 aliphatic carbocycles. The average Bonchev–Trinajstić information content (AvgIpc) is 2.29. The number of hydrogen-bond acceptors (Lipinski definition) is 2. The van der Waals surface area contributed by atoms with Crippen LogP contribution in [-0.2, 0) is 11.2 Å². The molecule has 0 radical (unpaired) electrons. The number of methoxy groups -OCH3 is 1. The molecule has 0 bridgehead atoms. The van der Waals surface area contributed by atoms with E-state index in [2.05, 4.69) is 35.0 Å². The van der Waals surface area contributed by atoms with E-state index in [1.807, 2.05) is 12.1 Å². The molecule has 1 aromatic rings. The summed E-state index contributed by atoms with van der Waals surface area (Å²) in [7, 11) is 1.74. The Bertz CT molecular complexity index is 317. The number of ether oxygens (including phenoxy) is 1. The summed E-state index contributed by atoms with van der Waals surface area (Å²) in [5.74, 6) is 0. The van der Waals surface area contributed by atoms with Gasteiger partial charge in [0, 0.05) is 17.6 Å². The lowest BCUT2D eigenvalue weighted by atomic mass is 10.0. The third kappa shape index (κ3) is 4.64. The fourth-order valence-corrected chi connectivity index (χ4v) is 2.06. The van der Waals surface area contributed by atoms with Crippen molar-refractivity contribution in [3.63, 3.8) is 0 Å². The first-order chi connectivity index (χ1) is 7.63. The Kier molecular flexibility index (Phi) is 6.03. The highest BCUT2D eigenvalue weighted by molar-refractivity contribution is 9.10. The number of hydrogen-bond donors (Lipinski definition) is 1. The van der Waals surface area contributed by atoms with Crippen molar-refractivity contribution in [2.24, 2.45) is 5.73 Å². The second kappa shape index (κ2) is 7.05. The molecule has 1 rings (SSSR count). The molecule has 0 amide bonds. The standard InChI is InChI=1S/C13H20BrNO/c1-10(16-2)7-8-12(15)9-11-5-3-4-6-13(11)14/h3-6,10,12H,7-9,15H2,1-2H3. The predicted molar refractivity (Wildman–Crippen MR) is 71.5 cm³/mol. The van der Waals surface area contributed by atoms with Crippen molar-refractivity contribution in [3.8, 4) is 0 Å². The van der Waals surface area contributed by atoms with Crippen LogP contribution in [0.25, 0.3) is 0 Å². The van der Waals surface area contributed by atoms with Gasteiger partial charge in [-0.1, -0.05) is 34.1 Å². The number of halogens is 1. The lowest BCUT2D eigenvalue weighted by Gasteiger charge is -2.15. The van der Waals surface area contributed by atoms with Gasteiger partial charge in [0.15, 0.2) is 0 Å². The average molecular weight is 286 g/mol. The van der Waals surface area contributed by atoms with Gasteiger partial charge >= 0.3 is 0 Å². The molecule has 2 nitrogen and oxygen atoms in total. The van der Waals surface area contributed by atoms with Crippen LogP contribution in [0, 0.1) is 0 Å². The zero-order valence-corrected chi connectivity index (χ0v) is 11.5. The van der Waals surface area contributed by atoms with Crippen molar-refractivity contribution in [2.45, 2.75) is 38.3 Å². The van der Waals surface area contributed by atoms with Gasteiger partial charge in [0.1, 0.15) is 0 Å². The van der Waals surface area contributed by atoms with Gasteiger partial charge in [-0.2, -0.15) is 0 Å². The second-order valence-electron chi connectivity index (χ2n) is 4.18. The molecule has 0 spiro atoms. The van der Waals surface area contributed by atoms with E-state index in [-0.39, 0.29) is 6.04 Å². The summed E-state index contributed by atoms with van der Waals surface area (Å²) in [4.78, 5) is 0. The van der Waals surface area contributed by atoms with E-state index in [0.29, 0.717) is 6.10 Å². The SMILES string of the molecule is COC(C)CCC(N)Cc1ccccc1Br. The van der Waals surface area contributed by atoms with Crippen LogP contribution in [0.1, 0.15) is 25.3 Å². The van der Waals surface area contributed by atoms with Crippen LogP contribution < -0.4 is 5.73 Å². The fraction of sp³-hybridized carbons (Fsp3) is 0.538. The summed E-state index contributed by atoms with van der Waals surface area (Å²) in [6.07, 6.45) is 3.22. The molecule has 0 saturated heterocycles. The van der Waals surface area contributed by atoms with Gasteiger partial charge in [0.2, 0.25) is 0 Å². The maximum Gasteiger partial charge on any atom is 0.0543 e. The third-order valence-corrected chi connectivity index (χ3v) is 3.56. The second-order valence-corrected chi connectivity index (χ2v) is 5.03. The minimum Gasteiger partial charge on any atom is -0.382 e. The molecule has 90 valence electrons. The summed E-state index contributed by atoms with van der Waals surface area (Å²) in [5.41, 5.74) is 7.38. The minimum absolute atomic E-state index is 0.205. The summed E-state index contributed by atoms with van der Waals surface area (Å²) in [6.45, 7) is 2.07. The Morgan fingerprint density at radius 3 is 2.62 bits per heavy atom. The van der Waals surface area contributed by atoms with E-state index in [0.717, 1.165) is 23.7 Å². The first kappa shape index (κ1) is 13.7. The quantitative estimate of drug-likeness (QED) is 0.872. The van der Waals surface area contributed by atoms with Crippen molar-refractivity contribution >= 4 is 15.9 Å². The van der Waals surface area contributed by atoms with Gasteiger partial charge in [0.25, 0.3) is 0 Å². The smallest absolute Gasteiger partial charge is 0.0543 e. The Balaban J connectivity index is 2.40. The normalized spacial score (nSPS) is 14.8. The Labute approximate surface area is 106 Å².